The minimum atomic E-state index is -0.470. The molecule has 0 radical (unpaired) electrons. The zero-order valence-corrected chi connectivity index (χ0v) is 24.4. The van der Waals surface area contributed by atoms with Crippen molar-refractivity contribution < 1.29 is 47.5 Å². The number of ether oxygens (including phenoxy) is 8. The second-order valence-electron chi connectivity index (χ2n) is 9.16. The lowest BCUT2D eigenvalue weighted by Gasteiger charge is -2.22. The number of carbonyl (C=O) groups is 2. The lowest BCUT2D eigenvalue weighted by molar-refractivity contribution is -0.150. The van der Waals surface area contributed by atoms with Gasteiger partial charge in [0, 0.05) is 6.08 Å². The Morgan fingerprint density at radius 1 is 0.595 bits per heavy atom. The summed E-state index contributed by atoms with van der Waals surface area (Å²) < 4.78 is 44.5. The molecule has 0 amide bonds. The molecule has 7 atom stereocenters. The summed E-state index contributed by atoms with van der Waals surface area (Å²) in [4.78, 5) is 22.3. The van der Waals surface area contributed by atoms with Gasteiger partial charge in [-0.2, -0.15) is 12.6 Å². The van der Waals surface area contributed by atoms with Crippen molar-refractivity contribution in [1.29, 1.82) is 0 Å². The molecule has 0 spiro atoms. The van der Waals surface area contributed by atoms with Crippen LogP contribution in [0.5, 0.6) is 0 Å². The third-order valence-corrected chi connectivity index (χ3v) is 5.04. The Labute approximate surface area is 228 Å². The molecule has 0 aliphatic heterocycles. The Bertz CT molecular complexity index is 620. The molecule has 0 bridgehead atoms. The smallest absolute Gasteiger partial charge is 0.330 e. The molecule has 0 saturated carbocycles. The van der Waals surface area contributed by atoms with Crippen molar-refractivity contribution >= 4 is 24.6 Å². The van der Waals surface area contributed by atoms with Crippen LogP contribution in [0.2, 0.25) is 0 Å². The molecule has 7 unspecified atom stereocenters. The van der Waals surface area contributed by atoms with Crippen LogP contribution in [0.1, 0.15) is 48.5 Å². The second kappa shape index (κ2) is 21.7. The van der Waals surface area contributed by atoms with Crippen LogP contribution in [-0.4, -0.2) is 107 Å². The molecule has 37 heavy (non-hydrogen) atoms. The number of hydrogen-bond donors (Lipinski definition) is 1. The fourth-order valence-corrected chi connectivity index (χ4v) is 2.72. The zero-order chi connectivity index (χ0) is 28.2. The van der Waals surface area contributed by atoms with Gasteiger partial charge in [0.05, 0.1) is 82.0 Å². The fourth-order valence-electron chi connectivity index (χ4n) is 2.64. The highest BCUT2D eigenvalue weighted by molar-refractivity contribution is 7.81. The van der Waals surface area contributed by atoms with Crippen molar-refractivity contribution in [2.45, 2.75) is 91.2 Å². The van der Waals surface area contributed by atoms with Crippen molar-refractivity contribution in [3.63, 3.8) is 0 Å². The van der Waals surface area contributed by atoms with Gasteiger partial charge in [-0.15, -0.1) is 0 Å². The molecule has 218 valence electrons. The molecule has 0 fully saturated rings. The van der Waals surface area contributed by atoms with Crippen LogP contribution in [0, 0.1) is 0 Å². The van der Waals surface area contributed by atoms with Gasteiger partial charge in [0.15, 0.2) is 0 Å². The van der Waals surface area contributed by atoms with Crippen molar-refractivity contribution in [2.24, 2.45) is 0 Å². The molecule has 0 aromatic rings. The Morgan fingerprint density at radius 3 is 1.19 bits per heavy atom. The van der Waals surface area contributed by atoms with Crippen molar-refractivity contribution in [1.82, 2.24) is 0 Å². The van der Waals surface area contributed by atoms with E-state index in [0.717, 1.165) is 6.08 Å². The quantitative estimate of drug-likeness (QED) is 0.115. The van der Waals surface area contributed by atoms with Crippen LogP contribution in [0.3, 0.4) is 0 Å². The Hall–Kier alpha value is -1.21. The van der Waals surface area contributed by atoms with Crippen molar-refractivity contribution in [3.8, 4) is 0 Å². The SMILES string of the molecule is C=CC(=O)OCC(C)OCC(C)OCC(C)OCC(C)OCC(C)OCC(C)OCC(C)OC(=O)CS. The predicted octanol–water partition coefficient (Wildman–Crippen LogP) is 3.01. The normalized spacial score (nSPS) is 17.2. The number of carbonyl (C=O) groups excluding carboxylic acids is 2. The summed E-state index contributed by atoms with van der Waals surface area (Å²) in [7, 11) is 0. The van der Waals surface area contributed by atoms with Gasteiger partial charge in [0.25, 0.3) is 0 Å². The number of esters is 2. The van der Waals surface area contributed by atoms with Gasteiger partial charge in [-0.25, -0.2) is 4.79 Å². The Balaban J connectivity index is 3.89. The van der Waals surface area contributed by atoms with E-state index in [1.807, 2.05) is 41.5 Å². The summed E-state index contributed by atoms with van der Waals surface area (Å²) in [6, 6.07) is 0. The van der Waals surface area contributed by atoms with E-state index in [9.17, 15) is 9.59 Å². The topological polar surface area (TPSA) is 108 Å². The molecule has 0 aliphatic rings. The molecule has 0 aromatic heterocycles. The van der Waals surface area contributed by atoms with Gasteiger partial charge in [0.2, 0.25) is 0 Å². The molecule has 10 nitrogen and oxygen atoms in total. The third-order valence-electron chi connectivity index (χ3n) is 4.78. The van der Waals surface area contributed by atoms with Crippen LogP contribution >= 0.6 is 12.6 Å². The average molecular weight is 553 g/mol. The van der Waals surface area contributed by atoms with Crippen LogP contribution in [0.25, 0.3) is 0 Å². The van der Waals surface area contributed by atoms with E-state index in [4.69, 9.17) is 37.9 Å². The van der Waals surface area contributed by atoms with Gasteiger partial charge >= 0.3 is 11.9 Å². The molecule has 0 aromatic carbocycles. The first-order chi connectivity index (χ1) is 17.5. The highest BCUT2D eigenvalue weighted by Gasteiger charge is 2.15. The summed E-state index contributed by atoms with van der Waals surface area (Å²) in [5, 5.41) is 0. The molecular formula is C26H48O10S. The first-order valence-electron chi connectivity index (χ1n) is 12.8. The maximum absolute atomic E-state index is 11.2. The molecule has 0 saturated heterocycles. The summed E-state index contributed by atoms with van der Waals surface area (Å²) in [5.41, 5.74) is 0. The van der Waals surface area contributed by atoms with Gasteiger partial charge in [0.1, 0.15) is 12.7 Å². The van der Waals surface area contributed by atoms with Crippen LogP contribution < -0.4 is 0 Å². The molecule has 0 rings (SSSR count). The van der Waals surface area contributed by atoms with Gasteiger partial charge in [-0.3, -0.25) is 4.79 Å². The molecule has 0 heterocycles. The van der Waals surface area contributed by atoms with E-state index >= 15 is 0 Å². The standard InChI is InChI=1S/C26H48O10S/c1-9-25(27)35-15-23(7)33-13-21(5)31-11-19(3)29-10-18(2)30-12-20(4)32-14-22(6)34-16-24(8)36-26(28)17-37/h9,18-24,37H,1,10-17H2,2-8H3. The lowest BCUT2D eigenvalue weighted by Crippen LogP contribution is -2.30. The van der Waals surface area contributed by atoms with E-state index in [2.05, 4.69) is 19.2 Å². The summed E-state index contributed by atoms with van der Waals surface area (Å²) in [5.74, 6) is -0.794. The van der Waals surface area contributed by atoms with E-state index in [0.29, 0.717) is 39.6 Å². The molecule has 0 N–H and O–H groups in total. The molecule has 11 heteroatoms. The van der Waals surface area contributed by atoms with Crippen LogP contribution in [0.4, 0.5) is 0 Å². The minimum Gasteiger partial charge on any atom is -0.460 e. The number of thiol groups is 1. The fraction of sp³-hybridized carbons (Fsp3) is 0.846. The molecule has 0 aliphatic carbocycles. The van der Waals surface area contributed by atoms with E-state index in [1.54, 1.807) is 6.92 Å². The zero-order valence-electron chi connectivity index (χ0n) is 23.5. The largest absolute Gasteiger partial charge is 0.460 e. The summed E-state index contributed by atoms with van der Waals surface area (Å²) in [6.45, 7) is 19.1. The number of hydrogen-bond acceptors (Lipinski definition) is 11. The summed E-state index contributed by atoms with van der Waals surface area (Å²) in [6.07, 6.45) is -0.0588. The minimum absolute atomic E-state index is 0.0455. The van der Waals surface area contributed by atoms with Crippen LogP contribution in [-0.2, 0) is 47.5 Å². The Kier molecular flexibility index (Phi) is 21.0. The van der Waals surface area contributed by atoms with Gasteiger partial charge in [-0.05, 0) is 48.5 Å². The van der Waals surface area contributed by atoms with Crippen molar-refractivity contribution in [2.75, 3.05) is 52.0 Å². The average Bonchev–Trinajstić information content (AvgIpc) is 2.88. The van der Waals surface area contributed by atoms with E-state index < -0.39 is 5.97 Å². The second-order valence-corrected chi connectivity index (χ2v) is 9.47. The maximum atomic E-state index is 11.2. The Morgan fingerprint density at radius 2 is 0.892 bits per heavy atom. The third kappa shape index (κ3) is 21.4. The van der Waals surface area contributed by atoms with E-state index in [-0.39, 0.29) is 61.1 Å². The maximum Gasteiger partial charge on any atom is 0.330 e. The first kappa shape index (κ1) is 35.8. The van der Waals surface area contributed by atoms with Crippen molar-refractivity contribution in [3.05, 3.63) is 12.7 Å². The van der Waals surface area contributed by atoms with E-state index in [1.165, 1.54) is 0 Å². The monoisotopic (exact) mass is 552 g/mol. The predicted molar refractivity (Wildman–Crippen MR) is 143 cm³/mol. The first-order valence-corrected chi connectivity index (χ1v) is 13.4. The van der Waals surface area contributed by atoms with Gasteiger partial charge in [-0.1, -0.05) is 6.58 Å². The van der Waals surface area contributed by atoms with Crippen LogP contribution in [0.15, 0.2) is 12.7 Å². The molecular weight excluding hydrogens is 504 g/mol. The lowest BCUT2D eigenvalue weighted by atomic mass is 10.3. The number of rotatable bonds is 23. The highest BCUT2D eigenvalue weighted by atomic mass is 32.1. The van der Waals surface area contributed by atoms with Gasteiger partial charge < -0.3 is 37.9 Å². The highest BCUT2D eigenvalue weighted by Crippen LogP contribution is 2.05. The summed E-state index contributed by atoms with van der Waals surface area (Å²) >= 11 is 3.88.